The van der Waals surface area contributed by atoms with E-state index in [9.17, 15) is 4.79 Å². The van der Waals surface area contributed by atoms with Gasteiger partial charge < -0.3 is 14.3 Å². The van der Waals surface area contributed by atoms with Crippen molar-refractivity contribution < 1.29 is 9.21 Å². The van der Waals surface area contributed by atoms with Gasteiger partial charge in [0.15, 0.2) is 21.9 Å². The predicted octanol–water partition coefficient (Wildman–Crippen LogP) is 6.04. The Labute approximate surface area is 202 Å². The molecule has 7 nitrogen and oxygen atoms in total. The van der Waals surface area contributed by atoms with Crippen LogP contribution in [0.4, 0.5) is 5.13 Å². The van der Waals surface area contributed by atoms with Gasteiger partial charge in [-0.05, 0) is 31.2 Å². The number of carbonyl (C=O) groups excluding carboxylic acids is 1. The highest BCUT2D eigenvalue weighted by atomic mass is 35.5. The summed E-state index contributed by atoms with van der Waals surface area (Å²) in [6, 6.07) is 15.4. The third kappa shape index (κ3) is 4.66. The number of hydrogen-bond acceptors (Lipinski definition) is 7. The Morgan fingerprint density at radius 1 is 1.18 bits per heavy atom. The summed E-state index contributed by atoms with van der Waals surface area (Å²) in [6.45, 7) is 2.04. The first-order valence-electron chi connectivity index (χ1n) is 10.0. The number of aromatic nitrogens is 4. The first-order chi connectivity index (χ1) is 16.0. The van der Waals surface area contributed by atoms with Gasteiger partial charge in [-0.25, -0.2) is 4.98 Å². The Hall–Kier alpha value is -3.14. The zero-order valence-electron chi connectivity index (χ0n) is 17.7. The molecule has 0 spiro atoms. The molecule has 1 N–H and O–H groups in total. The number of carbonyl (C=O) groups is 1. The largest absolute Gasteiger partial charge is 0.453 e. The van der Waals surface area contributed by atoms with Crippen molar-refractivity contribution in [1.29, 1.82) is 0 Å². The predicted molar refractivity (Wildman–Crippen MR) is 133 cm³/mol. The standard InChI is InChI=1S/C23H18ClN5O2S2/c1-13-3-5-14(6-4-13)17-11-32-22(25-17)26-20(30)12-33-23-28-27-21(29(23)2)19-10-15-9-16(24)7-8-18(15)31-19/h3-11H,12H2,1-2H3,(H,25,26,30). The number of rotatable bonds is 6. The van der Waals surface area contributed by atoms with Crippen molar-refractivity contribution in [2.24, 2.45) is 7.05 Å². The minimum absolute atomic E-state index is 0.160. The number of nitrogens with one attached hydrogen (secondary N) is 1. The fourth-order valence-corrected chi connectivity index (χ4v) is 4.88. The number of aryl methyl sites for hydroxylation is 1. The number of fused-ring (bicyclic) bond motifs is 1. The zero-order chi connectivity index (χ0) is 22.9. The van der Waals surface area contributed by atoms with Crippen LogP contribution in [0, 0.1) is 6.92 Å². The van der Waals surface area contributed by atoms with E-state index in [4.69, 9.17) is 16.0 Å². The highest BCUT2D eigenvalue weighted by Crippen LogP contribution is 2.30. The third-order valence-electron chi connectivity index (χ3n) is 4.96. The van der Waals surface area contributed by atoms with Crippen LogP contribution in [0.3, 0.4) is 0 Å². The second-order valence-corrected chi connectivity index (χ2v) is 9.64. The molecule has 2 aromatic carbocycles. The number of thiazole rings is 1. The molecule has 0 fully saturated rings. The molecule has 0 aliphatic rings. The summed E-state index contributed by atoms with van der Waals surface area (Å²) >= 11 is 8.75. The fourth-order valence-electron chi connectivity index (χ4n) is 3.25. The van der Waals surface area contributed by atoms with E-state index in [0.717, 1.165) is 22.2 Å². The van der Waals surface area contributed by atoms with E-state index in [2.05, 4.69) is 20.5 Å². The van der Waals surface area contributed by atoms with Gasteiger partial charge in [-0.2, -0.15) is 0 Å². The summed E-state index contributed by atoms with van der Waals surface area (Å²) in [6.07, 6.45) is 0. The van der Waals surface area contributed by atoms with E-state index in [1.165, 1.54) is 28.7 Å². The Bertz CT molecular complexity index is 1460. The van der Waals surface area contributed by atoms with E-state index >= 15 is 0 Å². The summed E-state index contributed by atoms with van der Waals surface area (Å²) in [7, 11) is 1.84. The van der Waals surface area contributed by atoms with Gasteiger partial charge in [0.2, 0.25) is 5.91 Å². The van der Waals surface area contributed by atoms with Crippen LogP contribution in [0.25, 0.3) is 33.8 Å². The molecule has 0 aliphatic carbocycles. The average Bonchev–Trinajstić information content (AvgIpc) is 3.51. The van der Waals surface area contributed by atoms with Crippen molar-refractivity contribution in [3.05, 3.63) is 64.5 Å². The van der Waals surface area contributed by atoms with Crippen molar-refractivity contribution in [1.82, 2.24) is 19.7 Å². The van der Waals surface area contributed by atoms with E-state index in [0.29, 0.717) is 26.9 Å². The SMILES string of the molecule is Cc1ccc(-c2csc(NC(=O)CSc3nnc(-c4cc5cc(Cl)ccc5o4)n3C)n2)cc1. The van der Waals surface area contributed by atoms with Gasteiger partial charge >= 0.3 is 0 Å². The zero-order valence-corrected chi connectivity index (χ0v) is 20.1. The molecule has 10 heteroatoms. The molecule has 1 amide bonds. The van der Waals surface area contributed by atoms with Crippen LogP contribution >= 0.6 is 34.7 Å². The molecule has 0 radical (unpaired) electrons. The van der Waals surface area contributed by atoms with Gasteiger partial charge in [0.05, 0.1) is 11.4 Å². The number of hydrogen-bond donors (Lipinski definition) is 1. The number of furan rings is 1. The molecule has 33 heavy (non-hydrogen) atoms. The van der Waals surface area contributed by atoms with Crippen LogP contribution in [-0.2, 0) is 11.8 Å². The third-order valence-corrected chi connectivity index (χ3v) is 6.98. The van der Waals surface area contributed by atoms with Gasteiger partial charge in [0.1, 0.15) is 5.58 Å². The molecular weight excluding hydrogens is 478 g/mol. The van der Waals surface area contributed by atoms with E-state index in [1.807, 2.05) is 61.8 Å². The maximum absolute atomic E-state index is 12.5. The number of benzene rings is 2. The maximum Gasteiger partial charge on any atom is 0.236 e. The van der Waals surface area contributed by atoms with Crippen LogP contribution in [0.1, 0.15) is 5.56 Å². The summed E-state index contributed by atoms with van der Waals surface area (Å²) in [5, 5.41) is 15.9. The molecule has 0 saturated carbocycles. The van der Waals surface area contributed by atoms with Crippen molar-refractivity contribution >= 4 is 56.7 Å². The van der Waals surface area contributed by atoms with Crippen LogP contribution in [-0.4, -0.2) is 31.4 Å². The van der Waals surface area contributed by atoms with Crippen LogP contribution in [0.15, 0.2) is 63.5 Å². The second-order valence-electron chi connectivity index (χ2n) is 7.40. The lowest BCUT2D eigenvalue weighted by molar-refractivity contribution is -0.113. The van der Waals surface area contributed by atoms with Crippen LogP contribution < -0.4 is 5.32 Å². The molecular formula is C23H18ClN5O2S2. The van der Waals surface area contributed by atoms with Crippen molar-refractivity contribution in [2.75, 3.05) is 11.1 Å². The normalized spacial score (nSPS) is 11.2. The molecule has 0 saturated heterocycles. The van der Waals surface area contributed by atoms with E-state index in [-0.39, 0.29) is 11.7 Å². The minimum Gasteiger partial charge on any atom is -0.453 e. The number of thioether (sulfide) groups is 1. The summed E-state index contributed by atoms with van der Waals surface area (Å²) < 4.78 is 7.68. The molecule has 5 rings (SSSR count). The quantitative estimate of drug-likeness (QED) is 0.289. The minimum atomic E-state index is -0.160. The van der Waals surface area contributed by atoms with Gasteiger partial charge in [-0.3, -0.25) is 4.79 Å². The lowest BCUT2D eigenvalue weighted by atomic mass is 10.1. The van der Waals surface area contributed by atoms with Crippen molar-refractivity contribution in [2.45, 2.75) is 12.1 Å². The summed E-state index contributed by atoms with van der Waals surface area (Å²) in [4.78, 5) is 17.0. The van der Waals surface area contributed by atoms with Crippen molar-refractivity contribution in [3.63, 3.8) is 0 Å². The molecule has 0 unspecified atom stereocenters. The van der Waals surface area contributed by atoms with E-state index in [1.54, 1.807) is 10.6 Å². The van der Waals surface area contributed by atoms with E-state index < -0.39 is 0 Å². The number of anilines is 1. The van der Waals surface area contributed by atoms with Gasteiger partial charge in [0, 0.05) is 28.4 Å². The van der Waals surface area contributed by atoms with Gasteiger partial charge in [-0.15, -0.1) is 21.5 Å². The highest BCUT2D eigenvalue weighted by molar-refractivity contribution is 7.99. The number of nitrogens with zero attached hydrogens (tertiary/aromatic N) is 4. The number of amides is 1. The Kier molecular flexibility index (Phi) is 5.92. The van der Waals surface area contributed by atoms with Gasteiger partial charge in [0.25, 0.3) is 0 Å². The summed E-state index contributed by atoms with van der Waals surface area (Å²) in [5.41, 5.74) is 3.77. The first kappa shape index (κ1) is 21.7. The van der Waals surface area contributed by atoms with Gasteiger partial charge in [-0.1, -0.05) is 53.2 Å². The monoisotopic (exact) mass is 495 g/mol. The molecule has 3 aromatic heterocycles. The second kappa shape index (κ2) is 9.01. The van der Waals surface area contributed by atoms with Crippen molar-refractivity contribution in [3.8, 4) is 22.8 Å². The number of halogens is 1. The lowest BCUT2D eigenvalue weighted by Crippen LogP contribution is -2.14. The molecule has 0 bridgehead atoms. The topological polar surface area (TPSA) is 85.8 Å². The van der Waals surface area contributed by atoms with Crippen LogP contribution in [0.5, 0.6) is 0 Å². The molecule has 0 atom stereocenters. The fraction of sp³-hybridized carbons (Fsp3) is 0.130. The Balaban J connectivity index is 1.23. The molecule has 3 heterocycles. The average molecular weight is 496 g/mol. The molecule has 5 aromatic rings. The maximum atomic E-state index is 12.5. The Morgan fingerprint density at radius 3 is 2.82 bits per heavy atom. The Morgan fingerprint density at radius 2 is 2.00 bits per heavy atom. The molecule has 0 aliphatic heterocycles. The van der Waals surface area contributed by atoms with Crippen LogP contribution in [0.2, 0.25) is 5.02 Å². The highest BCUT2D eigenvalue weighted by Gasteiger charge is 2.17. The molecule has 166 valence electrons. The summed E-state index contributed by atoms with van der Waals surface area (Å²) in [5.74, 6) is 1.19. The first-order valence-corrected chi connectivity index (χ1v) is 12.2. The lowest BCUT2D eigenvalue weighted by Gasteiger charge is -2.03. The smallest absolute Gasteiger partial charge is 0.236 e.